The van der Waals surface area contributed by atoms with Crippen molar-refractivity contribution in [1.29, 1.82) is 0 Å². The molecule has 0 spiro atoms. The first-order chi connectivity index (χ1) is 13.6. The van der Waals surface area contributed by atoms with Crippen molar-refractivity contribution in [3.63, 3.8) is 0 Å². The third-order valence-electron chi connectivity index (χ3n) is 5.02. The molecule has 1 unspecified atom stereocenters. The number of nitrogens with zero attached hydrogens (tertiary/aromatic N) is 2. The van der Waals surface area contributed by atoms with Gasteiger partial charge in [0.15, 0.2) is 0 Å². The van der Waals surface area contributed by atoms with Crippen molar-refractivity contribution in [3.8, 4) is 17.2 Å². The number of imide groups is 1. The SMILES string of the molecule is O=C1C2Cc3cc(O)ccc3N2C(=O)N1c1ccc(Oc2ccccc2)cc1. The average molecular weight is 372 g/mol. The number of para-hydroxylation sites is 1. The molecule has 6 nitrogen and oxygen atoms in total. The Morgan fingerprint density at radius 1 is 0.893 bits per heavy atom. The number of anilines is 2. The van der Waals surface area contributed by atoms with E-state index in [4.69, 9.17) is 4.74 Å². The van der Waals surface area contributed by atoms with Crippen LogP contribution in [-0.4, -0.2) is 23.1 Å². The van der Waals surface area contributed by atoms with Gasteiger partial charge in [-0.1, -0.05) is 18.2 Å². The van der Waals surface area contributed by atoms with Crippen LogP contribution in [-0.2, 0) is 11.2 Å². The van der Waals surface area contributed by atoms with E-state index in [0.29, 0.717) is 29.3 Å². The lowest BCUT2D eigenvalue weighted by atomic mass is 10.1. The van der Waals surface area contributed by atoms with Gasteiger partial charge in [-0.15, -0.1) is 0 Å². The molecule has 5 rings (SSSR count). The number of urea groups is 1. The maximum atomic E-state index is 13.0. The molecule has 0 saturated carbocycles. The maximum Gasteiger partial charge on any atom is 0.336 e. The molecule has 1 N–H and O–H groups in total. The molecule has 3 aromatic rings. The van der Waals surface area contributed by atoms with E-state index < -0.39 is 6.04 Å². The number of aromatic hydroxyl groups is 1. The van der Waals surface area contributed by atoms with Crippen molar-refractivity contribution in [2.24, 2.45) is 0 Å². The van der Waals surface area contributed by atoms with Crippen LogP contribution in [0.1, 0.15) is 5.56 Å². The van der Waals surface area contributed by atoms with Gasteiger partial charge in [0.05, 0.1) is 5.69 Å². The lowest BCUT2D eigenvalue weighted by molar-refractivity contribution is -0.117. The first-order valence-corrected chi connectivity index (χ1v) is 8.94. The second-order valence-corrected chi connectivity index (χ2v) is 6.77. The van der Waals surface area contributed by atoms with Crippen molar-refractivity contribution in [3.05, 3.63) is 78.4 Å². The second-order valence-electron chi connectivity index (χ2n) is 6.77. The fourth-order valence-corrected chi connectivity index (χ4v) is 3.75. The first kappa shape index (κ1) is 16.4. The predicted octanol–water partition coefficient (Wildman–Crippen LogP) is 4.08. The highest BCUT2D eigenvalue weighted by Gasteiger charge is 2.50. The summed E-state index contributed by atoms with van der Waals surface area (Å²) in [6, 6.07) is 20.1. The molecule has 0 aliphatic carbocycles. The monoisotopic (exact) mass is 372 g/mol. The summed E-state index contributed by atoms with van der Waals surface area (Å²) in [4.78, 5) is 28.6. The van der Waals surface area contributed by atoms with Crippen LogP contribution < -0.4 is 14.5 Å². The normalized spacial score (nSPS) is 17.6. The van der Waals surface area contributed by atoms with E-state index in [0.717, 1.165) is 5.56 Å². The third kappa shape index (κ3) is 2.50. The van der Waals surface area contributed by atoms with Gasteiger partial charge in [-0.3, -0.25) is 9.69 Å². The van der Waals surface area contributed by atoms with Gasteiger partial charge in [0, 0.05) is 12.1 Å². The van der Waals surface area contributed by atoms with Crippen LogP contribution >= 0.6 is 0 Å². The van der Waals surface area contributed by atoms with E-state index in [-0.39, 0.29) is 17.7 Å². The molecule has 0 bridgehead atoms. The molecule has 2 aliphatic rings. The third-order valence-corrected chi connectivity index (χ3v) is 5.02. The fourth-order valence-electron chi connectivity index (χ4n) is 3.75. The molecule has 2 heterocycles. The minimum atomic E-state index is -0.565. The second kappa shape index (κ2) is 6.13. The maximum absolute atomic E-state index is 13.0. The quantitative estimate of drug-likeness (QED) is 0.703. The molecule has 3 aromatic carbocycles. The topological polar surface area (TPSA) is 70.1 Å². The van der Waals surface area contributed by atoms with E-state index in [9.17, 15) is 14.7 Å². The molecule has 1 atom stereocenters. The average Bonchev–Trinajstić information content (AvgIpc) is 3.19. The Morgan fingerprint density at radius 2 is 1.61 bits per heavy atom. The summed E-state index contributed by atoms with van der Waals surface area (Å²) >= 11 is 0. The largest absolute Gasteiger partial charge is 0.508 e. The van der Waals surface area contributed by atoms with Crippen molar-refractivity contribution in [2.45, 2.75) is 12.5 Å². The molecule has 0 aromatic heterocycles. The predicted molar refractivity (Wildman–Crippen MR) is 104 cm³/mol. The van der Waals surface area contributed by atoms with E-state index in [1.165, 1.54) is 15.9 Å². The highest BCUT2D eigenvalue weighted by molar-refractivity contribution is 6.29. The number of rotatable bonds is 3. The van der Waals surface area contributed by atoms with Crippen molar-refractivity contribution >= 4 is 23.3 Å². The number of ether oxygens (including phenoxy) is 1. The van der Waals surface area contributed by atoms with Crippen LogP contribution in [0.25, 0.3) is 0 Å². The smallest absolute Gasteiger partial charge is 0.336 e. The number of benzene rings is 3. The van der Waals surface area contributed by atoms with Crippen LogP contribution in [0, 0.1) is 0 Å². The van der Waals surface area contributed by atoms with E-state index in [2.05, 4.69) is 0 Å². The number of fused-ring (bicyclic) bond motifs is 3. The van der Waals surface area contributed by atoms with Crippen LogP contribution in [0.15, 0.2) is 72.8 Å². The highest BCUT2D eigenvalue weighted by atomic mass is 16.5. The fraction of sp³-hybridized carbons (Fsp3) is 0.0909. The number of phenolic OH excluding ortho intramolecular Hbond substituents is 1. The van der Waals surface area contributed by atoms with Crippen molar-refractivity contribution in [2.75, 3.05) is 9.80 Å². The Balaban J connectivity index is 1.41. The zero-order valence-electron chi connectivity index (χ0n) is 14.8. The Hall–Kier alpha value is -3.80. The number of carbonyl (C=O) groups is 2. The van der Waals surface area contributed by atoms with Gasteiger partial charge in [0.25, 0.3) is 5.91 Å². The van der Waals surface area contributed by atoms with Gasteiger partial charge in [-0.25, -0.2) is 9.69 Å². The lowest BCUT2D eigenvalue weighted by Gasteiger charge is -2.17. The minimum Gasteiger partial charge on any atom is -0.508 e. The number of amides is 3. The highest BCUT2D eigenvalue weighted by Crippen LogP contribution is 2.40. The summed E-state index contributed by atoms with van der Waals surface area (Å²) in [5.74, 6) is 1.20. The van der Waals surface area contributed by atoms with Crippen LogP contribution in [0.3, 0.4) is 0 Å². The summed E-state index contributed by atoms with van der Waals surface area (Å²) in [6.07, 6.45) is 0.403. The van der Waals surface area contributed by atoms with Crippen LogP contribution in [0.4, 0.5) is 16.2 Å². The Bertz CT molecular complexity index is 1080. The summed E-state index contributed by atoms with van der Waals surface area (Å²) in [5.41, 5.74) is 1.98. The Kier molecular flexibility index (Phi) is 3.58. The van der Waals surface area contributed by atoms with Crippen molar-refractivity contribution in [1.82, 2.24) is 0 Å². The number of hydrogen-bond acceptors (Lipinski definition) is 4. The molecule has 28 heavy (non-hydrogen) atoms. The van der Waals surface area contributed by atoms with Gasteiger partial charge in [0.2, 0.25) is 0 Å². The first-order valence-electron chi connectivity index (χ1n) is 8.94. The number of hydrogen-bond donors (Lipinski definition) is 1. The van der Waals surface area contributed by atoms with Gasteiger partial charge in [-0.2, -0.15) is 0 Å². The number of phenols is 1. The molecule has 1 fully saturated rings. The molecular weight excluding hydrogens is 356 g/mol. The van der Waals surface area contributed by atoms with Gasteiger partial charge in [-0.05, 0) is 60.2 Å². The van der Waals surface area contributed by atoms with Crippen LogP contribution in [0.5, 0.6) is 17.2 Å². The zero-order chi connectivity index (χ0) is 19.3. The lowest BCUT2D eigenvalue weighted by Crippen LogP contribution is -2.32. The van der Waals surface area contributed by atoms with E-state index in [1.54, 1.807) is 36.4 Å². The standard InChI is InChI=1S/C22H16N2O4/c25-16-8-11-19-14(12-16)13-20-21(26)23(22(27)24(19)20)15-6-9-18(10-7-15)28-17-4-2-1-3-5-17/h1-12,20,25H,13H2. The zero-order valence-corrected chi connectivity index (χ0v) is 14.8. The summed E-state index contributed by atoms with van der Waals surface area (Å²) < 4.78 is 5.76. The van der Waals surface area contributed by atoms with Crippen LogP contribution in [0.2, 0.25) is 0 Å². The van der Waals surface area contributed by atoms with E-state index in [1.807, 2.05) is 30.3 Å². The minimum absolute atomic E-state index is 0.130. The molecule has 1 saturated heterocycles. The Labute approximate surface area is 161 Å². The van der Waals surface area contributed by atoms with Gasteiger partial charge >= 0.3 is 6.03 Å². The molecule has 0 radical (unpaired) electrons. The van der Waals surface area contributed by atoms with Gasteiger partial charge < -0.3 is 9.84 Å². The van der Waals surface area contributed by atoms with E-state index >= 15 is 0 Å². The molecule has 2 aliphatic heterocycles. The van der Waals surface area contributed by atoms with Gasteiger partial charge in [0.1, 0.15) is 23.3 Å². The summed E-state index contributed by atoms with van der Waals surface area (Å²) in [7, 11) is 0. The summed E-state index contributed by atoms with van der Waals surface area (Å²) in [6.45, 7) is 0. The molecule has 138 valence electrons. The summed E-state index contributed by atoms with van der Waals surface area (Å²) in [5, 5.41) is 9.64. The molecule has 3 amide bonds. The van der Waals surface area contributed by atoms with Crippen molar-refractivity contribution < 1.29 is 19.4 Å². The molecule has 6 heteroatoms. The molecular formula is C22H16N2O4. The Morgan fingerprint density at radius 3 is 2.36 bits per heavy atom. The number of carbonyl (C=O) groups excluding carboxylic acids is 2.